The van der Waals surface area contributed by atoms with Gasteiger partial charge in [-0.05, 0) is 24.3 Å². The van der Waals surface area contributed by atoms with E-state index in [4.69, 9.17) is 16.3 Å². The second-order valence-electron chi connectivity index (χ2n) is 4.86. The Balaban J connectivity index is 1.57. The fourth-order valence-corrected chi connectivity index (χ4v) is 3.32. The Hall–Kier alpha value is -2.36. The predicted octanol–water partition coefficient (Wildman–Crippen LogP) is 3.81. The highest BCUT2D eigenvalue weighted by molar-refractivity contribution is 9.10. The van der Waals surface area contributed by atoms with Gasteiger partial charge in [0.25, 0.3) is 5.91 Å². The lowest BCUT2D eigenvalue weighted by Crippen LogP contribution is -2.21. The molecule has 132 valence electrons. The van der Waals surface area contributed by atoms with Crippen molar-refractivity contribution >= 4 is 56.4 Å². The largest absolute Gasteiger partial charge is 0.451 e. The third-order valence-corrected chi connectivity index (χ3v) is 4.65. The lowest BCUT2D eigenvalue weighted by Gasteiger charge is -2.07. The van der Waals surface area contributed by atoms with Gasteiger partial charge in [-0.2, -0.15) is 0 Å². The summed E-state index contributed by atoms with van der Waals surface area (Å²) in [7, 11) is 0. The summed E-state index contributed by atoms with van der Waals surface area (Å²) in [5, 5.41) is 4.95. The minimum atomic E-state index is -0.708. The molecule has 0 aliphatic carbocycles. The van der Waals surface area contributed by atoms with Crippen LogP contribution in [0.5, 0.6) is 0 Å². The highest BCUT2D eigenvalue weighted by Crippen LogP contribution is 2.25. The number of anilines is 1. The van der Waals surface area contributed by atoms with Crippen LogP contribution in [-0.4, -0.2) is 33.4 Å². The van der Waals surface area contributed by atoms with Crippen molar-refractivity contribution in [3.63, 3.8) is 0 Å². The highest BCUT2D eigenvalue weighted by Gasteiger charge is 2.16. The number of amides is 1. The molecule has 0 aliphatic rings. The van der Waals surface area contributed by atoms with E-state index in [-0.39, 0.29) is 5.69 Å². The van der Waals surface area contributed by atoms with Crippen molar-refractivity contribution in [3.05, 3.63) is 57.2 Å². The summed E-state index contributed by atoms with van der Waals surface area (Å²) in [4.78, 5) is 36.2. The normalized spacial score (nSPS) is 10.4. The molecule has 3 aromatic rings. The molecule has 0 atom stereocenters. The molecule has 1 amide bonds. The molecule has 0 bridgehead atoms. The van der Waals surface area contributed by atoms with Crippen LogP contribution in [0.4, 0.5) is 5.69 Å². The van der Waals surface area contributed by atoms with Gasteiger partial charge in [-0.1, -0.05) is 27.5 Å². The average molecular weight is 454 g/mol. The van der Waals surface area contributed by atoms with E-state index in [1.54, 1.807) is 36.7 Å². The first-order valence-electron chi connectivity index (χ1n) is 7.18. The number of aromatic nitrogens is 3. The van der Waals surface area contributed by atoms with Gasteiger partial charge in [0.1, 0.15) is 0 Å². The van der Waals surface area contributed by atoms with Gasteiger partial charge >= 0.3 is 5.97 Å². The summed E-state index contributed by atoms with van der Waals surface area (Å²) in [6, 6.07) is 6.70. The third kappa shape index (κ3) is 4.63. The number of carbonyl (C=O) groups is 2. The molecule has 0 radical (unpaired) electrons. The lowest BCUT2D eigenvalue weighted by molar-refractivity contribution is -0.119. The molecule has 10 heteroatoms. The number of thiazole rings is 1. The van der Waals surface area contributed by atoms with Gasteiger partial charge in [-0.3, -0.25) is 4.79 Å². The quantitative estimate of drug-likeness (QED) is 0.590. The maximum absolute atomic E-state index is 12.0. The lowest BCUT2D eigenvalue weighted by atomic mass is 10.3. The van der Waals surface area contributed by atoms with E-state index in [9.17, 15) is 9.59 Å². The Kier molecular flexibility index (Phi) is 5.92. The zero-order valence-electron chi connectivity index (χ0n) is 13.0. The second kappa shape index (κ2) is 8.35. The van der Waals surface area contributed by atoms with Crippen LogP contribution in [-0.2, 0) is 9.53 Å². The van der Waals surface area contributed by atoms with Crippen molar-refractivity contribution in [2.24, 2.45) is 0 Å². The number of carbonyl (C=O) groups excluding carboxylic acids is 2. The number of halogens is 2. The smallest absolute Gasteiger partial charge is 0.358 e. The SMILES string of the molecule is O=C(COC(=O)c1csc(-c2ncccn2)n1)Nc1ccc(Br)cc1Cl. The first-order chi connectivity index (χ1) is 12.5. The Bertz CT molecular complexity index is 952. The average Bonchev–Trinajstić information content (AvgIpc) is 3.13. The molecular formula is C16H10BrClN4O3S. The third-order valence-electron chi connectivity index (χ3n) is 3.01. The van der Waals surface area contributed by atoms with Crippen LogP contribution < -0.4 is 5.32 Å². The molecule has 0 saturated carbocycles. The fraction of sp³-hybridized carbons (Fsp3) is 0.0625. The molecule has 3 rings (SSSR count). The maximum atomic E-state index is 12.0. The van der Waals surface area contributed by atoms with Crippen molar-refractivity contribution in [3.8, 4) is 10.8 Å². The Morgan fingerprint density at radius 2 is 2.04 bits per heavy atom. The van der Waals surface area contributed by atoms with Gasteiger partial charge in [-0.25, -0.2) is 19.7 Å². The summed E-state index contributed by atoms with van der Waals surface area (Å²) in [5.74, 6) is -0.802. The van der Waals surface area contributed by atoms with Crippen LogP contribution in [0.15, 0.2) is 46.5 Å². The van der Waals surface area contributed by atoms with Crippen molar-refractivity contribution in [1.29, 1.82) is 0 Å². The Morgan fingerprint density at radius 3 is 2.77 bits per heavy atom. The number of nitrogens with one attached hydrogen (secondary N) is 1. The van der Waals surface area contributed by atoms with Crippen LogP contribution in [0.1, 0.15) is 10.5 Å². The van der Waals surface area contributed by atoms with E-state index in [0.29, 0.717) is 21.5 Å². The van der Waals surface area contributed by atoms with Gasteiger partial charge in [0.15, 0.2) is 23.1 Å². The van der Waals surface area contributed by atoms with E-state index in [0.717, 1.165) is 4.47 Å². The van der Waals surface area contributed by atoms with Gasteiger partial charge < -0.3 is 10.1 Å². The molecule has 2 heterocycles. The molecule has 26 heavy (non-hydrogen) atoms. The van der Waals surface area contributed by atoms with E-state index in [1.807, 2.05) is 0 Å². The molecule has 0 saturated heterocycles. The Morgan fingerprint density at radius 1 is 1.27 bits per heavy atom. The number of rotatable bonds is 5. The summed E-state index contributed by atoms with van der Waals surface area (Å²) in [5.41, 5.74) is 0.514. The number of benzene rings is 1. The van der Waals surface area contributed by atoms with Crippen LogP contribution in [0, 0.1) is 0 Å². The zero-order valence-corrected chi connectivity index (χ0v) is 16.1. The molecular weight excluding hydrogens is 444 g/mol. The van der Waals surface area contributed by atoms with Gasteiger partial charge in [-0.15, -0.1) is 11.3 Å². The van der Waals surface area contributed by atoms with E-state index >= 15 is 0 Å². The standard InChI is InChI=1S/C16H10BrClN4O3S/c17-9-2-3-11(10(18)6-9)21-13(23)7-25-16(24)12-8-26-15(22-12)14-19-4-1-5-20-14/h1-6,8H,7H2,(H,21,23). The Labute approximate surface area is 165 Å². The van der Waals surface area contributed by atoms with Gasteiger partial charge in [0.05, 0.1) is 10.7 Å². The molecule has 0 fully saturated rings. The van der Waals surface area contributed by atoms with Gasteiger partial charge in [0.2, 0.25) is 0 Å². The molecule has 2 aromatic heterocycles. The van der Waals surface area contributed by atoms with Crippen LogP contribution >= 0.6 is 38.9 Å². The molecule has 1 N–H and O–H groups in total. The number of ether oxygens (including phenoxy) is 1. The minimum absolute atomic E-state index is 0.0897. The number of hydrogen-bond acceptors (Lipinski definition) is 7. The molecule has 0 unspecified atom stereocenters. The van der Waals surface area contributed by atoms with Crippen LogP contribution in [0.3, 0.4) is 0 Å². The summed E-state index contributed by atoms with van der Waals surface area (Å²) in [6.07, 6.45) is 3.17. The van der Waals surface area contributed by atoms with Crippen molar-refractivity contribution < 1.29 is 14.3 Å². The zero-order chi connectivity index (χ0) is 18.5. The summed E-state index contributed by atoms with van der Waals surface area (Å²) >= 11 is 10.5. The monoisotopic (exact) mass is 452 g/mol. The van der Waals surface area contributed by atoms with Crippen LogP contribution in [0.2, 0.25) is 5.02 Å². The van der Waals surface area contributed by atoms with E-state index < -0.39 is 18.5 Å². The van der Waals surface area contributed by atoms with Crippen molar-refractivity contribution in [2.75, 3.05) is 11.9 Å². The topological polar surface area (TPSA) is 94.1 Å². The first-order valence-corrected chi connectivity index (χ1v) is 9.23. The van der Waals surface area contributed by atoms with Gasteiger partial charge in [0, 0.05) is 22.2 Å². The predicted molar refractivity (Wildman–Crippen MR) is 101 cm³/mol. The molecule has 0 aliphatic heterocycles. The van der Waals surface area contributed by atoms with Crippen molar-refractivity contribution in [1.82, 2.24) is 15.0 Å². The summed E-state index contributed by atoms with van der Waals surface area (Å²) in [6.45, 7) is -0.458. The minimum Gasteiger partial charge on any atom is -0.451 e. The molecule has 7 nitrogen and oxygen atoms in total. The maximum Gasteiger partial charge on any atom is 0.358 e. The second-order valence-corrected chi connectivity index (χ2v) is 7.04. The molecule has 1 aromatic carbocycles. The number of nitrogens with zero attached hydrogens (tertiary/aromatic N) is 3. The van der Waals surface area contributed by atoms with Crippen LogP contribution in [0.25, 0.3) is 10.8 Å². The van der Waals surface area contributed by atoms with Crippen molar-refractivity contribution in [2.45, 2.75) is 0 Å². The first kappa shape index (κ1) is 18.4. The number of hydrogen-bond donors (Lipinski definition) is 1. The molecule has 0 spiro atoms. The fourth-order valence-electron chi connectivity index (χ4n) is 1.86. The number of esters is 1. The van der Waals surface area contributed by atoms with E-state index in [1.165, 1.54) is 16.7 Å². The summed E-state index contributed by atoms with van der Waals surface area (Å²) < 4.78 is 5.76. The highest BCUT2D eigenvalue weighted by atomic mass is 79.9. The van der Waals surface area contributed by atoms with E-state index in [2.05, 4.69) is 36.2 Å².